The normalized spacial score (nSPS) is 12.6. The number of nitrogens with zero attached hydrogens (tertiary/aromatic N) is 2. The van der Waals surface area contributed by atoms with Crippen LogP contribution < -0.4 is 10.5 Å². The zero-order valence-electron chi connectivity index (χ0n) is 8.33. The van der Waals surface area contributed by atoms with Gasteiger partial charge in [0, 0.05) is 6.04 Å². The molecule has 1 atom stereocenters. The summed E-state index contributed by atoms with van der Waals surface area (Å²) in [5.74, 6) is 0.413. The molecule has 14 heavy (non-hydrogen) atoms. The first-order chi connectivity index (χ1) is 6.65. The van der Waals surface area contributed by atoms with E-state index in [2.05, 4.69) is 9.97 Å². The highest BCUT2D eigenvalue weighted by Crippen LogP contribution is 2.23. The molecule has 0 aliphatic heterocycles. The van der Waals surface area contributed by atoms with E-state index in [0.29, 0.717) is 17.5 Å². The minimum absolute atomic E-state index is 0.0360. The maximum atomic E-state index is 6.00. The first-order valence-corrected chi connectivity index (χ1v) is 4.90. The van der Waals surface area contributed by atoms with Crippen molar-refractivity contribution in [3.63, 3.8) is 0 Å². The van der Waals surface area contributed by atoms with E-state index in [1.807, 2.05) is 13.8 Å². The van der Waals surface area contributed by atoms with Gasteiger partial charge in [0.05, 0.1) is 5.69 Å². The van der Waals surface area contributed by atoms with Gasteiger partial charge < -0.3 is 10.5 Å². The molecule has 0 aliphatic carbocycles. The van der Waals surface area contributed by atoms with Gasteiger partial charge in [-0.25, -0.2) is 9.97 Å². The molecule has 0 bridgehead atoms. The largest absolute Gasteiger partial charge is 0.475 e. The molecular weight excluding hydrogens is 202 g/mol. The Hall–Kier alpha value is -0.870. The van der Waals surface area contributed by atoms with E-state index in [0.717, 1.165) is 12.1 Å². The second-order valence-corrected chi connectivity index (χ2v) is 3.46. The SMILES string of the molecule is CCc1ncnc(OCC(C)N)c1Cl. The Morgan fingerprint density at radius 2 is 2.29 bits per heavy atom. The summed E-state index contributed by atoms with van der Waals surface area (Å²) in [6, 6.07) is -0.0360. The molecule has 0 amide bonds. The Kier molecular flexibility index (Phi) is 4.10. The third-order valence-corrected chi connectivity index (χ3v) is 2.03. The van der Waals surface area contributed by atoms with Crippen molar-refractivity contribution in [1.82, 2.24) is 9.97 Å². The molecule has 78 valence electrons. The fourth-order valence-electron chi connectivity index (χ4n) is 0.945. The van der Waals surface area contributed by atoms with E-state index < -0.39 is 0 Å². The lowest BCUT2D eigenvalue weighted by atomic mass is 10.3. The molecular formula is C9H14ClN3O. The van der Waals surface area contributed by atoms with Crippen LogP contribution in [0.3, 0.4) is 0 Å². The minimum Gasteiger partial charge on any atom is -0.475 e. The summed E-state index contributed by atoms with van der Waals surface area (Å²) >= 11 is 6.00. The number of nitrogens with two attached hydrogens (primary N) is 1. The van der Waals surface area contributed by atoms with Crippen molar-refractivity contribution in [2.24, 2.45) is 5.73 Å². The highest BCUT2D eigenvalue weighted by atomic mass is 35.5. The summed E-state index contributed by atoms with van der Waals surface area (Å²) in [6.45, 7) is 4.24. The predicted octanol–water partition coefficient (Wildman–Crippen LogP) is 1.42. The number of aromatic nitrogens is 2. The van der Waals surface area contributed by atoms with Gasteiger partial charge in [0.1, 0.15) is 18.0 Å². The molecule has 2 N–H and O–H groups in total. The van der Waals surface area contributed by atoms with E-state index in [-0.39, 0.29) is 6.04 Å². The van der Waals surface area contributed by atoms with Crippen LogP contribution in [0.5, 0.6) is 5.88 Å². The lowest BCUT2D eigenvalue weighted by Crippen LogP contribution is -2.24. The number of hydrogen-bond acceptors (Lipinski definition) is 4. The number of rotatable bonds is 4. The summed E-state index contributed by atoms with van der Waals surface area (Å²) in [7, 11) is 0. The molecule has 0 spiro atoms. The summed E-state index contributed by atoms with van der Waals surface area (Å²) in [4.78, 5) is 7.97. The van der Waals surface area contributed by atoms with Crippen LogP contribution in [0.2, 0.25) is 5.02 Å². The fourth-order valence-corrected chi connectivity index (χ4v) is 1.23. The van der Waals surface area contributed by atoms with Crippen LogP contribution in [-0.2, 0) is 6.42 Å². The van der Waals surface area contributed by atoms with Crippen molar-refractivity contribution in [3.05, 3.63) is 17.0 Å². The van der Waals surface area contributed by atoms with Crippen LogP contribution in [0, 0.1) is 0 Å². The third kappa shape index (κ3) is 2.82. The Balaban J connectivity index is 2.76. The van der Waals surface area contributed by atoms with Gasteiger partial charge in [-0.2, -0.15) is 0 Å². The van der Waals surface area contributed by atoms with Gasteiger partial charge in [0.15, 0.2) is 0 Å². The molecule has 1 aromatic rings. The summed E-state index contributed by atoms with van der Waals surface area (Å²) in [5, 5.41) is 0.482. The molecule has 1 aromatic heterocycles. The monoisotopic (exact) mass is 215 g/mol. The van der Waals surface area contributed by atoms with Crippen LogP contribution in [0.25, 0.3) is 0 Å². The average Bonchev–Trinajstić information content (AvgIpc) is 2.16. The number of aryl methyl sites for hydroxylation is 1. The summed E-state index contributed by atoms with van der Waals surface area (Å²) < 4.78 is 5.33. The van der Waals surface area contributed by atoms with Crippen molar-refractivity contribution >= 4 is 11.6 Å². The average molecular weight is 216 g/mol. The van der Waals surface area contributed by atoms with Crippen LogP contribution in [-0.4, -0.2) is 22.6 Å². The quantitative estimate of drug-likeness (QED) is 0.825. The topological polar surface area (TPSA) is 61.0 Å². The minimum atomic E-state index is -0.0360. The Bertz CT molecular complexity index is 304. The van der Waals surface area contributed by atoms with Gasteiger partial charge >= 0.3 is 0 Å². The molecule has 1 rings (SSSR count). The maximum absolute atomic E-state index is 6.00. The van der Waals surface area contributed by atoms with Gasteiger partial charge in [-0.15, -0.1) is 0 Å². The van der Waals surface area contributed by atoms with Crippen molar-refractivity contribution in [3.8, 4) is 5.88 Å². The number of hydrogen-bond donors (Lipinski definition) is 1. The smallest absolute Gasteiger partial charge is 0.236 e. The van der Waals surface area contributed by atoms with Gasteiger partial charge in [-0.3, -0.25) is 0 Å². The molecule has 1 heterocycles. The molecule has 0 radical (unpaired) electrons. The van der Waals surface area contributed by atoms with Gasteiger partial charge in [-0.1, -0.05) is 18.5 Å². The van der Waals surface area contributed by atoms with Crippen LogP contribution in [0.15, 0.2) is 6.33 Å². The molecule has 0 aromatic carbocycles. The maximum Gasteiger partial charge on any atom is 0.236 e. The lowest BCUT2D eigenvalue weighted by Gasteiger charge is -2.09. The predicted molar refractivity (Wildman–Crippen MR) is 55.6 cm³/mol. The Labute approximate surface area is 88.5 Å². The highest BCUT2D eigenvalue weighted by molar-refractivity contribution is 6.32. The van der Waals surface area contributed by atoms with Gasteiger partial charge in [-0.05, 0) is 13.3 Å². The van der Waals surface area contributed by atoms with Gasteiger partial charge in [0.2, 0.25) is 5.88 Å². The number of ether oxygens (including phenoxy) is 1. The van der Waals surface area contributed by atoms with Crippen molar-refractivity contribution in [2.75, 3.05) is 6.61 Å². The van der Waals surface area contributed by atoms with E-state index in [4.69, 9.17) is 22.1 Å². The first-order valence-electron chi connectivity index (χ1n) is 4.52. The van der Waals surface area contributed by atoms with Crippen molar-refractivity contribution in [2.45, 2.75) is 26.3 Å². The van der Waals surface area contributed by atoms with E-state index >= 15 is 0 Å². The fraction of sp³-hybridized carbons (Fsp3) is 0.556. The van der Waals surface area contributed by atoms with Crippen LogP contribution in [0.4, 0.5) is 0 Å². The molecule has 5 heteroatoms. The van der Waals surface area contributed by atoms with Crippen LogP contribution in [0.1, 0.15) is 19.5 Å². The third-order valence-electron chi connectivity index (χ3n) is 1.65. The molecule has 4 nitrogen and oxygen atoms in total. The van der Waals surface area contributed by atoms with Crippen molar-refractivity contribution in [1.29, 1.82) is 0 Å². The van der Waals surface area contributed by atoms with E-state index in [1.165, 1.54) is 6.33 Å². The van der Waals surface area contributed by atoms with Crippen LogP contribution >= 0.6 is 11.6 Å². The highest BCUT2D eigenvalue weighted by Gasteiger charge is 2.09. The van der Waals surface area contributed by atoms with E-state index in [9.17, 15) is 0 Å². The first kappa shape index (κ1) is 11.2. The second kappa shape index (κ2) is 5.12. The standard InChI is InChI=1S/C9H14ClN3O/c1-3-7-8(10)9(13-5-12-7)14-4-6(2)11/h5-6H,3-4,11H2,1-2H3. The summed E-state index contributed by atoms with van der Waals surface area (Å²) in [6.07, 6.45) is 2.21. The molecule has 1 unspecified atom stereocenters. The molecule has 0 fully saturated rings. The van der Waals surface area contributed by atoms with Crippen molar-refractivity contribution < 1.29 is 4.74 Å². The second-order valence-electron chi connectivity index (χ2n) is 3.08. The zero-order chi connectivity index (χ0) is 10.6. The molecule has 0 aliphatic rings. The Morgan fingerprint density at radius 1 is 1.57 bits per heavy atom. The van der Waals surface area contributed by atoms with E-state index in [1.54, 1.807) is 0 Å². The zero-order valence-corrected chi connectivity index (χ0v) is 9.08. The van der Waals surface area contributed by atoms with Gasteiger partial charge in [0.25, 0.3) is 0 Å². The number of halogens is 1. The molecule has 0 saturated carbocycles. The lowest BCUT2D eigenvalue weighted by molar-refractivity contribution is 0.284. The summed E-state index contributed by atoms with van der Waals surface area (Å²) in [5.41, 5.74) is 6.34. The Morgan fingerprint density at radius 3 is 2.86 bits per heavy atom. The molecule has 0 saturated heterocycles.